The molecule has 0 radical (unpaired) electrons. The molecule has 0 saturated heterocycles. The third kappa shape index (κ3) is 3.31. The number of halogens is 2. The molecule has 0 heterocycles. The van der Waals surface area contributed by atoms with Crippen molar-refractivity contribution in [1.29, 1.82) is 0 Å². The topological polar surface area (TPSA) is 97.5 Å². The van der Waals surface area contributed by atoms with Crippen LogP contribution in [0.1, 0.15) is 0 Å². The first kappa shape index (κ1) is 14.1. The molecule has 0 saturated carbocycles. The summed E-state index contributed by atoms with van der Waals surface area (Å²) in [6.07, 6.45) is 0. The fourth-order valence-corrected chi connectivity index (χ4v) is 1.62. The maximum Gasteiger partial charge on any atom is 0.294 e. The van der Waals surface area contributed by atoms with E-state index in [-0.39, 0.29) is 17.4 Å². The Morgan fingerprint density at radius 2 is 1.93 bits per heavy atom. The van der Waals surface area contributed by atoms with E-state index in [1.54, 1.807) is 0 Å². The third-order valence-electron chi connectivity index (χ3n) is 1.41. The van der Waals surface area contributed by atoms with E-state index in [1.165, 1.54) is 0 Å². The van der Waals surface area contributed by atoms with Crippen molar-refractivity contribution in [2.45, 2.75) is 4.90 Å². The van der Waals surface area contributed by atoms with Gasteiger partial charge in [-0.05, 0) is 12.1 Å². The molecule has 0 bridgehead atoms. The maximum atomic E-state index is 10.6. The van der Waals surface area contributed by atoms with Crippen LogP contribution in [-0.2, 0) is 10.1 Å². The zero-order valence-electron chi connectivity index (χ0n) is 6.95. The first-order chi connectivity index (χ1) is 6.32. The summed E-state index contributed by atoms with van der Waals surface area (Å²) in [6.45, 7) is 0. The lowest BCUT2D eigenvalue weighted by molar-refractivity contribution is -0.384. The number of nitro groups is 1. The third-order valence-corrected chi connectivity index (χ3v) is 2.57. The zero-order chi connectivity index (χ0) is 10.9. The van der Waals surface area contributed by atoms with Gasteiger partial charge in [-0.1, -0.05) is 11.6 Å². The first-order valence-corrected chi connectivity index (χ1v) is 5.05. The second-order valence-electron chi connectivity index (χ2n) is 2.35. The lowest BCUT2D eigenvalue weighted by atomic mass is 10.3. The minimum absolute atomic E-state index is 0. The van der Waals surface area contributed by atoms with Gasteiger partial charge in [-0.25, -0.2) is 0 Å². The van der Waals surface area contributed by atoms with E-state index in [1.807, 2.05) is 0 Å². The van der Waals surface area contributed by atoms with Crippen LogP contribution in [0.3, 0.4) is 0 Å². The highest BCUT2D eigenvalue weighted by Gasteiger charge is 2.17. The molecule has 0 unspecified atom stereocenters. The Hall–Kier alpha value is -0.890. The molecule has 1 rings (SSSR count). The van der Waals surface area contributed by atoms with E-state index in [2.05, 4.69) is 0 Å². The van der Waals surface area contributed by atoms with Crippen LogP contribution in [0.5, 0.6) is 0 Å². The fourth-order valence-electron chi connectivity index (χ4n) is 0.796. The summed E-state index contributed by atoms with van der Waals surface area (Å²) in [5.41, 5.74) is -0.418. The van der Waals surface area contributed by atoms with Crippen molar-refractivity contribution in [3.8, 4) is 0 Å². The highest BCUT2D eigenvalue weighted by Crippen LogP contribution is 2.26. The molecule has 0 amide bonds. The Balaban J connectivity index is 0.00000196. The molecule has 6 nitrogen and oxygen atoms in total. The van der Waals surface area contributed by atoms with Gasteiger partial charge in [0, 0.05) is 6.07 Å². The molecule has 0 aliphatic heterocycles. The van der Waals surface area contributed by atoms with Gasteiger partial charge in [0.25, 0.3) is 15.8 Å². The summed E-state index contributed by atoms with van der Waals surface area (Å²) in [7, 11) is -4.37. The molecular formula is C6H5Cl2NO5S. The van der Waals surface area contributed by atoms with Crippen molar-refractivity contribution in [3.05, 3.63) is 33.3 Å². The van der Waals surface area contributed by atoms with Gasteiger partial charge in [0.15, 0.2) is 0 Å². The van der Waals surface area contributed by atoms with E-state index in [0.29, 0.717) is 0 Å². The van der Waals surface area contributed by atoms with Gasteiger partial charge < -0.3 is 0 Å². The van der Waals surface area contributed by atoms with Gasteiger partial charge in [-0.2, -0.15) is 8.42 Å². The van der Waals surface area contributed by atoms with Crippen molar-refractivity contribution in [3.63, 3.8) is 0 Å². The molecule has 84 valence electrons. The smallest absolute Gasteiger partial charge is 0.282 e. The minimum Gasteiger partial charge on any atom is -0.282 e. The summed E-state index contributed by atoms with van der Waals surface area (Å²) < 4.78 is 29.8. The Morgan fingerprint density at radius 1 is 1.40 bits per heavy atom. The van der Waals surface area contributed by atoms with Crippen molar-refractivity contribution >= 4 is 39.8 Å². The van der Waals surface area contributed by atoms with Crippen molar-refractivity contribution in [1.82, 2.24) is 0 Å². The monoisotopic (exact) mass is 273 g/mol. The molecule has 0 atom stereocenters. The summed E-state index contributed by atoms with van der Waals surface area (Å²) in [5.74, 6) is 0. The molecule has 9 heteroatoms. The molecule has 1 aromatic carbocycles. The van der Waals surface area contributed by atoms with Gasteiger partial charge in [0.05, 0.1) is 9.82 Å². The van der Waals surface area contributed by atoms with Crippen LogP contribution >= 0.6 is 24.0 Å². The van der Waals surface area contributed by atoms with Crippen molar-refractivity contribution < 1.29 is 17.9 Å². The molecular weight excluding hydrogens is 269 g/mol. The van der Waals surface area contributed by atoms with Gasteiger partial charge in [0.2, 0.25) is 0 Å². The van der Waals surface area contributed by atoms with E-state index < -0.39 is 25.6 Å². The van der Waals surface area contributed by atoms with Gasteiger partial charge in [-0.15, -0.1) is 12.4 Å². The number of rotatable bonds is 2. The lowest BCUT2D eigenvalue weighted by Crippen LogP contribution is -1.98. The molecule has 0 aliphatic rings. The first-order valence-electron chi connectivity index (χ1n) is 3.24. The number of nitrogens with zero attached hydrogens (tertiary/aromatic N) is 1. The highest BCUT2D eigenvalue weighted by atomic mass is 35.5. The Labute approximate surface area is 96.2 Å². The number of hydrogen-bond acceptors (Lipinski definition) is 4. The van der Waals surface area contributed by atoms with E-state index >= 15 is 0 Å². The summed E-state index contributed by atoms with van der Waals surface area (Å²) in [4.78, 5) is 9.06. The summed E-state index contributed by atoms with van der Waals surface area (Å²) in [5, 5.41) is 9.95. The normalized spacial score (nSPS) is 10.5. The SMILES string of the molecule is Cl.O=[N+]([O-])c1ccc(S(=O)(=O)O)cc1Cl. The summed E-state index contributed by atoms with van der Waals surface area (Å²) in [6, 6.07) is 2.62. The van der Waals surface area contributed by atoms with Crippen LogP contribution in [0.4, 0.5) is 5.69 Å². The molecule has 1 N–H and O–H groups in total. The Morgan fingerprint density at radius 3 is 2.27 bits per heavy atom. The predicted molar refractivity (Wildman–Crippen MR) is 55.2 cm³/mol. The van der Waals surface area contributed by atoms with Crippen LogP contribution in [0.2, 0.25) is 5.02 Å². The second-order valence-corrected chi connectivity index (χ2v) is 4.17. The molecule has 15 heavy (non-hydrogen) atoms. The van der Waals surface area contributed by atoms with E-state index in [0.717, 1.165) is 18.2 Å². The standard InChI is InChI=1S/C6H4ClNO5S.ClH/c7-5-3-4(14(11,12)13)1-2-6(5)8(9)10;/h1-3H,(H,11,12,13);1H. The maximum absolute atomic E-state index is 10.6. The predicted octanol–water partition coefficient (Wildman–Crippen LogP) is 1.92. The molecule has 0 aliphatic carbocycles. The Bertz CT molecular complexity index is 486. The van der Waals surface area contributed by atoms with Gasteiger partial charge in [0.1, 0.15) is 5.02 Å². The fraction of sp³-hybridized carbons (Fsp3) is 0. The second kappa shape index (κ2) is 4.75. The van der Waals surface area contributed by atoms with Crippen LogP contribution in [0.15, 0.2) is 23.1 Å². The molecule has 0 spiro atoms. The average Bonchev–Trinajstić information content (AvgIpc) is 2.01. The number of benzene rings is 1. The average molecular weight is 274 g/mol. The lowest BCUT2D eigenvalue weighted by Gasteiger charge is -1.98. The minimum atomic E-state index is -4.37. The largest absolute Gasteiger partial charge is 0.294 e. The molecule has 0 fully saturated rings. The van der Waals surface area contributed by atoms with Gasteiger partial charge >= 0.3 is 0 Å². The Kier molecular flexibility index (Phi) is 4.47. The summed E-state index contributed by atoms with van der Waals surface area (Å²) >= 11 is 5.41. The molecule has 1 aromatic rings. The number of hydrogen-bond donors (Lipinski definition) is 1. The number of nitro benzene ring substituents is 1. The molecule has 0 aromatic heterocycles. The van der Waals surface area contributed by atoms with Crippen LogP contribution in [0, 0.1) is 10.1 Å². The van der Waals surface area contributed by atoms with Gasteiger partial charge in [-0.3, -0.25) is 14.7 Å². The van der Waals surface area contributed by atoms with Crippen molar-refractivity contribution in [2.24, 2.45) is 0 Å². The van der Waals surface area contributed by atoms with Crippen LogP contribution in [-0.4, -0.2) is 17.9 Å². The zero-order valence-corrected chi connectivity index (χ0v) is 9.34. The van der Waals surface area contributed by atoms with E-state index in [9.17, 15) is 18.5 Å². The van der Waals surface area contributed by atoms with Crippen LogP contribution in [0.25, 0.3) is 0 Å². The van der Waals surface area contributed by atoms with Crippen molar-refractivity contribution in [2.75, 3.05) is 0 Å². The van der Waals surface area contributed by atoms with Crippen LogP contribution < -0.4 is 0 Å². The van der Waals surface area contributed by atoms with E-state index in [4.69, 9.17) is 16.2 Å². The quantitative estimate of drug-likeness (QED) is 0.504. The highest BCUT2D eigenvalue weighted by molar-refractivity contribution is 7.85.